The van der Waals surface area contributed by atoms with E-state index in [4.69, 9.17) is 4.74 Å². The van der Waals surface area contributed by atoms with Gasteiger partial charge >= 0.3 is 0 Å². The number of para-hydroxylation sites is 1. The van der Waals surface area contributed by atoms with E-state index in [2.05, 4.69) is 40.3 Å². The molecule has 0 saturated carbocycles. The van der Waals surface area contributed by atoms with Crippen molar-refractivity contribution < 1.29 is 9.84 Å². The van der Waals surface area contributed by atoms with Gasteiger partial charge in [-0.3, -0.25) is 0 Å². The van der Waals surface area contributed by atoms with Crippen molar-refractivity contribution in [2.24, 2.45) is 0 Å². The zero-order valence-electron chi connectivity index (χ0n) is 12.3. The lowest BCUT2D eigenvalue weighted by Crippen LogP contribution is -2.19. The van der Waals surface area contributed by atoms with Crippen molar-refractivity contribution in [3.63, 3.8) is 0 Å². The molecule has 1 aromatic carbocycles. The van der Waals surface area contributed by atoms with Crippen LogP contribution in [0.25, 0.3) is 10.9 Å². The van der Waals surface area contributed by atoms with Crippen molar-refractivity contribution in [1.29, 1.82) is 0 Å². The van der Waals surface area contributed by atoms with Gasteiger partial charge in [0.15, 0.2) is 0 Å². The Hall–Kier alpha value is -1.36. The van der Waals surface area contributed by atoms with E-state index in [1.165, 1.54) is 16.5 Å². The summed E-state index contributed by atoms with van der Waals surface area (Å²) in [5.74, 6) is 0. The number of aliphatic hydroxyl groups is 1. The molecule has 1 heterocycles. The Bertz CT molecular complexity index is 534. The highest BCUT2D eigenvalue weighted by Crippen LogP contribution is 2.21. The Labute approximate surface area is 120 Å². The molecule has 110 valence electrons. The molecule has 0 amide bonds. The maximum atomic E-state index is 9.45. The summed E-state index contributed by atoms with van der Waals surface area (Å²) >= 11 is 0. The molecule has 2 rings (SSSR count). The zero-order valence-corrected chi connectivity index (χ0v) is 12.3. The van der Waals surface area contributed by atoms with Gasteiger partial charge in [-0.2, -0.15) is 0 Å². The molecule has 0 aliphatic heterocycles. The van der Waals surface area contributed by atoms with Gasteiger partial charge in [0.1, 0.15) is 0 Å². The van der Waals surface area contributed by atoms with Gasteiger partial charge in [-0.15, -0.1) is 0 Å². The minimum atomic E-state index is -0.264. The number of hydrogen-bond acceptors (Lipinski definition) is 3. The Morgan fingerprint density at radius 1 is 1.35 bits per heavy atom. The lowest BCUT2D eigenvalue weighted by molar-refractivity contribution is 0.178. The molecule has 1 unspecified atom stereocenters. The van der Waals surface area contributed by atoms with Crippen LogP contribution in [-0.4, -0.2) is 36.0 Å². The van der Waals surface area contributed by atoms with Crippen LogP contribution in [0.3, 0.4) is 0 Å². The van der Waals surface area contributed by atoms with Crippen LogP contribution in [0.5, 0.6) is 0 Å². The van der Waals surface area contributed by atoms with Gasteiger partial charge < -0.3 is 19.7 Å². The maximum absolute atomic E-state index is 9.45. The summed E-state index contributed by atoms with van der Waals surface area (Å²) in [5, 5.41) is 14.1. The van der Waals surface area contributed by atoms with E-state index in [-0.39, 0.29) is 6.10 Å². The van der Waals surface area contributed by atoms with Gasteiger partial charge in [-0.25, -0.2) is 0 Å². The van der Waals surface area contributed by atoms with E-state index >= 15 is 0 Å². The van der Waals surface area contributed by atoms with Crippen LogP contribution >= 0.6 is 0 Å². The van der Waals surface area contributed by atoms with E-state index < -0.39 is 0 Å². The fraction of sp³-hybridized carbons (Fsp3) is 0.500. The molecule has 1 atom stereocenters. The zero-order chi connectivity index (χ0) is 14.4. The molecule has 0 aliphatic carbocycles. The second-order valence-electron chi connectivity index (χ2n) is 5.17. The van der Waals surface area contributed by atoms with Crippen LogP contribution in [0, 0.1) is 0 Å². The molecule has 4 nitrogen and oxygen atoms in total. The molecule has 0 bridgehead atoms. The van der Waals surface area contributed by atoms with E-state index in [1.807, 2.05) is 6.92 Å². The lowest BCUT2D eigenvalue weighted by atomic mass is 10.1. The highest BCUT2D eigenvalue weighted by atomic mass is 16.5. The van der Waals surface area contributed by atoms with Crippen LogP contribution in [0.1, 0.15) is 18.9 Å². The standard InChI is InChI=1S/C16H24N2O2/c1-13(19)6-9-18-10-7-14-4-3-5-15(16(14)18)12-17-8-11-20-2/h3-5,7,10,13,17,19H,6,8-9,11-12H2,1-2H3. The Morgan fingerprint density at radius 3 is 2.95 bits per heavy atom. The highest BCUT2D eigenvalue weighted by Gasteiger charge is 2.07. The first-order valence-corrected chi connectivity index (χ1v) is 7.17. The van der Waals surface area contributed by atoms with Crippen molar-refractivity contribution in [1.82, 2.24) is 9.88 Å². The summed E-state index contributed by atoms with van der Waals surface area (Å²) in [6.45, 7) is 5.08. The second kappa shape index (κ2) is 7.43. The number of benzene rings is 1. The lowest BCUT2D eigenvalue weighted by Gasteiger charge is -2.11. The minimum absolute atomic E-state index is 0.264. The van der Waals surface area contributed by atoms with E-state index in [0.29, 0.717) is 0 Å². The average molecular weight is 276 g/mol. The molecule has 0 spiro atoms. The first kappa shape index (κ1) is 15.0. The van der Waals surface area contributed by atoms with Crippen LogP contribution in [0.15, 0.2) is 30.5 Å². The molecule has 20 heavy (non-hydrogen) atoms. The number of aromatic nitrogens is 1. The number of nitrogens with one attached hydrogen (secondary N) is 1. The number of ether oxygens (including phenoxy) is 1. The van der Waals surface area contributed by atoms with Crippen LogP contribution < -0.4 is 5.32 Å². The highest BCUT2D eigenvalue weighted by molar-refractivity contribution is 5.83. The predicted molar refractivity (Wildman–Crippen MR) is 81.8 cm³/mol. The first-order chi connectivity index (χ1) is 9.72. The number of aryl methyl sites for hydroxylation is 1. The molecular formula is C16H24N2O2. The van der Waals surface area contributed by atoms with Gasteiger partial charge in [-0.1, -0.05) is 18.2 Å². The van der Waals surface area contributed by atoms with Crippen LogP contribution in [0.4, 0.5) is 0 Å². The molecule has 2 N–H and O–H groups in total. The SMILES string of the molecule is COCCNCc1cccc2ccn(CCC(C)O)c12. The topological polar surface area (TPSA) is 46.4 Å². The largest absolute Gasteiger partial charge is 0.393 e. The molecule has 0 saturated heterocycles. The van der Waals surface area contributed by atoms with Crippen LogP contribution in [0.2, 0.25) is 0 Å². The van der Waals surface area contributed by atoms with Crippen molar-refractivity contribution in [3.05, 3.63) is 36.0 Å². The third-order valence-corrected chi connectivity index (χ3v) is 3.46. The second-order valence-corrected chi connectivity index (χ2v) is 5.17. The smallest absolute Gasteiger partial charge is 0.0587 e. The normalized spacial score (nSPS) is 12.9. The maximum Gasteiger partial charge on any atom is 0.0587 e. The van der Waals surface area contributed by atoms with Gasteiger partial charge in [0.2, 0.25) is 0 Å². The summed E-state index contributed by atoms with van der Waals surface area (Å²) in [6, 6.07) is 8.51. The number of aliphatic hydroxyl groups excluding tert-OH is 1. The van der Waals surface area contributed by atoms with E-state index in [9.17, 15) is 5.11 Å². The molecular weight excluding hydrogens is 252 g/mol. The van der Waals surface area contributed by atoms with Crippen LogP contribution in [-0.2, 0) is 17.8 Å². The number of hydrogen-bond donors (Lipinski definition) is 2. The minimum Gasteiger partial charge on any atom is -0.393 e. The van der Waals surface area contributed by atoms with Gasteiger partial charge in [0, 0.05) is 32.9 Å². The summed E-state index contributed by atoms with van der Waals surface area (Å²) in [5.41, 5.74) is 2.55. The molecule has 0 radical (unpaired) electrons. The average Bonchev–Trinajstić information content (AvgIpc) is 2.85. The third-order valence-electron chi connectivity index (χ3n) is 3.46. The monoisotopic (exact) mass is 276 g/mol. The Balaban J connectivity index is 2.13. The fourth-order valence-corrected chi connectivity index (χ4v) is 2.39. The summed E-state index contributed by atoms with van der Waals surface area (Å²) in [6.07, 6.45) is 2.61. The summed E-state index contributed by atoms with van der Waals surface area (Å²) in [7, 11) is 1.71. The van der Waals surface area contributed by atoms with Gasteiger partial charge in [-0.05, 0) is 30.4 Å². The molecule has 0 fully saturated rings. The molecule has 1 aromatic heterocycles. The van der Waals surface area contributed by atoms with Crippen molar-refractivity contribution in [2.75, 3.05) is 20.3 Å². The number of fused-ring (bicyclic) bond motifs is 1. The fourth-order valence-electron chi connectivity index (χ4n) is 2.39. The van der Waals surface area contributed by atoms with Gasteiger partial charge in [0.05, 0.1) is 18.2 Å². The predicted octanol–water partition coefficient (Wildman–Crippen LogP) is 2.15. The Kier molecular flexibility index (Phi) is 5.59. The molecule has 4 heteroatoms. The Morgan fingerprint density at radius 2 is 2.20 bits per heavy atom. The summed E-state index contributed by atoms with van der Waals surface area (Å²) < 4.78 is 7.28. The van der Waals surface area contributed by atoms with Crippen molar-refractivity contribution in [2.45, 2.75) is 32.5 Å². The van der Waals surface area contributed by atoms with Gasteiger partial charge in [0.25, 0.3) is 0 Å². The quantitative estimate of drug-likeness (QED) is 0.726. The number of methoxy groups -OCH3 is 1. The van der Waals surface area contributed by atoms with E-state index in [0.717, 1.165) is 32.7 Å². The van der Waals surface area contributed by atoms with E-state index in [1.54, 1.807) is 7.11 Å². The summed E-state index contributed by atoms with van der Waals surface area (Å²) in [4.78, 5) is 0. The molecule has 2 aromatic rings. The van der Waals surface area contributed by atoms with Crippen molar-refractivity contribution in [3.8, 4) is 0 Å². The third kappa shape index (κ3) is 3.82. The number of rotatable bonds is 8. The number of nitrogens with zero attached hydrogens (tertiary/aromatic N) is 1. The first-order valence-electron chi connectivity index (χ1n) is 7.17. The van der Waals surface area contributed by atoms with Crippen molar-refractivity contribution >= 4 is 10.9 Å². The molecule has 0 aliphatic rings.